The lowest BCUT2D eigenvalue weighted by Crippen LogP contribution is -2.09. The van der Waals surface area contributed by atoms with Crippen LogP contribution in [0.3, 0.4) is 0 Å². The van der Waals surface area contributed by atoms with E-state index in [0.717, 1.165) is 11.3 Å². The molecule has 1 N–H and O–H groups in total. The molecule has 25 heavy (non-hydrogen) atoms. The first-order valence-electron chi connectivity index (χ1n) is 7.81. The van der Waals surface area contributed by atoms with E-state index in [1.807, 2.05) is 5.38 Å². The number of nitrogens with zero attached hydrogens (tertiary/aromatic N) is 1. The molecular weight excluding hydrogens is 352 g/mol. The zero-order valence-corrected chi connectivity index (χ0v) is 16.1. The zero-order valence-electron chi connectivity index (χ0n) is 14.5. The summed E-state index contributed by atoms with van der Waals surface area (Å²) >= 11 is 2.59. The molecular formula is C19H18N2O2S2. The number of aromatic nitrogens is 1. The summed E-state index contributed by atoms with van der Waals surface area (Å²) in [7, 11) is 0. The lowest BCUT2D eigenvalue weighted by atomic mass is 9.98. The van der Waals surface area contributed by atoms with E-state index < -0.39 is 0 Å². The van der Waals surface area contributed by atoms with Crippen LogP contribution in [0.25, 0.3) is 11.3 Å². The lowest BCUT2D eigenvalue weighted by Gasteiger charge is -2.08. The highest BCUT2D eigenvalue weighted by molar-refractivity contribution is 7.16. The molecule has 2 aromatic heterocycles. The molecule has 0 saturated carbocycles. The van der Waals surface area contributed by atoms with Crippen molar-refractivity contribution in [1.82, 2.24) is 4.98 Å². The molecule has 1 aromatic carbocycles. The Morgan fingerprint density at radius 1 is 1.04 bits per heavy atom. The number of carbonyl (C=O) groups is 2. The number of Topliss-reactive ketones (excluding diaryl/α,β-unsaturated/α-hetero) is 1. The number of ketones is 1. The standard InChI is InChI=1S/C19H18N2O2S2/c1-10-7-11(2)17(12(3)8-10)14-9-24-19(20-14)21-18(23)16-6-5-15(25-16)13(4)22/h5-9H,1-4H3,(H,20,21,23). The Balaban J connectivity index is 1.82. The molecule has 2 heterocycles. The Hall–Kier alpha value is -2.31. The largest absolute Gasteiger partial charge is 0.297 e. The predicted molar refractivity (Wildman–Crippen MR) is 104 cm³/mol. The van der Waals surface area contributed by atoms with Crippen molar-refractivity contribution < 1.29 is 9.59 Å². The van der Waals surface area contributed by atoms with Crippen molar-refractivity contribution in [2.24, 2.45) is 0 Å². The van der Waals surface area contributed by atoms with Crippen LogP contribution >= 0.6 is 22.7 Å². The van der Waals surface area contributed by atoms with Crippen molar-refractivity contribution in [3.8, 4) is 11.3 Å². The van der Waals surface area contributed by atoms with E-state index in [0.29, 0.717) is 14.9 Å². The summed E-state index contributed by atoms with van der Waals surface area (Å²) in [6.07, 6.45) is 0. The summed E-state index contributed by atoms with van der Waals surface area (Å²) in [5, 5.41) is 5.33. The molecule has 3 aromatic rings. The third kappa shape index (κ3) is 3.70. The van der Waals surface area contributed by atoms with Gasteiger partial charge in [0.1, 0.15) is 0 Å². The number of carbonyl (C=O) groups excluding carboxylic acids is 2. The van der Waals surface area contributed by atoms with E-state index in [1.165, 1.54) is 46.3 Å². The summed E-state index contributed by atoms with van der Waals surface area (Å²) in [6.45, 7) is 7.71. The smallest absolute Gasteiger partial charge is 0.267 e. The second-order valence-electron chi connectivity index (χ2n) is 5.99. The van der Waals surface area contributed by atoms with Crippen molar-refractivity contribution in [1.29, 1.82) is 0 Å². The number of thiophene rings is 1. The van der Waals surface area contributed by atoms with Crippen LogP contribution in [0.5, 0.6) is 0 Å². The van der Waals surface area contributed by atoms with Crippen LogP contribution in [-0.4, -0.2) is 16.7 Å². The number of benzene rings is 1. The van der Waals surface area contributed by atoms with Gasteiger partial charge in [-0.15, -0.1) is 22.7 Å². The fourth-order valence-electron chi connectivity index (χ4n) is 2.84. The summed E-state index contributed by atoms with van der Waals surface area (Å²) in [4.78, 5) is 29.3. The summed E-state index contributed by atoms with van der Waals surface area (Å²) in [5.41, 5.74) is 5.54. The molecule has 1 amide bonds. The SMILES string of the molecule is CC(=O)c1ccc(C(=O)Nc2nc(-c3c(C)cc(C)cc3C)cs2)s1. The molecule has 0 bridgehead atoms. The van der Waals surface area contributed by atoms with Gasteiger partial charge in [-0.25, -0.2) is 4.98 Å². The third-order valence-electron chi connectivity index (χ3n) is 3.83. The minimum atomic E-state index is -0.240. The highest BCUT2D eigenvalue weighted by Crippen LogP contribution is 2.31. The molecule has 0 spiro atoms. The van der Waals surface area contributed by atoms with Gasteiger partial charge in [-0.05, 0) is 51.0 Å². The number of hydrogen-bond donors (Lipinski definition) is 1. The second-order valence-corrected chi connectivity index (χ2v) is 7.93. The van der Waals surface area contributed by atoms with E-state index >= 15 is 0 Å². The number of nitrogens with one attached hydrogen (secondary N) is 1. The summed E-state index contributed by atoms with van der Waals surface area (Å²) in [6, 6.07) is 7.61. The van der Waals surface area contributed by atoms with Crippen LogP contribution in [-0.2, 0) is 0 Å². The van der Waals surface area contributed by atoms with Crippen molar-refractivity contribution in [3.05, 3.63) is 56.1 Å². The molecule has 0 fully saturated rings. The average Bonchev–Trinajstić information content (AvgIpc) is 3.15. The first-order valence-corrected chi connectivity index (χ1v) is 9.50. The highest BCUT2D eigenvalue weighted by atomic mass is 32.1. The lowest BCUT2D eigenvalue weighted by molar-refractivity contribution is 0.101. The number of anilines is 1. The molecule has 0 aliphatic rings. The summed E-state index contributed by atoms with van der Waals surface area (Å²) in [5.74, 6) is -0.276. The van der Waals surface area contributed by atoms with Crippen molar-refractivity contribution in [2.75, 3.05) is 5.32 Å². The fraction of sp³-hybridized carbons (Fsp3) is 0.211. The van der Waals surface area contributed by atoms with Gasteiger partial charge < -0.3 is 0 Å². The van der Waals surface area contributed by atoms with Gasteiger partial charge in [0.15, 0.2) is 10.9 Å². The van der Waals surface area contributed by atoms with Crippen molar-refractivity contribution in [3.63, 3.8) is 0 Å². The highest BCUT2D eigenvalue weighted by Gasteiger charge is 2.15. The van der Waals surface area contributed by atoms with Crippen LogP contribution in [0, 0.1) is 20.8 Å². The summed E-state index contributed by atoms with van der Waals surface area (Å²) < 4.78 is 0. The topological polar surface area (TPSA) is 59.1 Å². The fourth-order valence-corrected chi connectivity index (χ4v) is 4.33. The number of thiazole rings is 1. The van der Waals surface area contributed by atoms with Gasteiger partial charge >= 0.3 is 0 Å². The van der Waals surface area contributed by atoms with Crippen LogP contribution in [0.2, 0.25) is 0 Å². The molecule has 0 aliphatic heterocycles. The maximum atomic E-state index is 12.3. The van der Waals surface area contributed by atoms with Crippen LogP contribution < -0.4 is 5.32 Å². The van der Waals surface area contributed by atoms with Gasteiger partial charge in [0, 0.05) is 10.9 Å². The number of rotatable bonds is 4. The number of amides is 1. The van der Waals surface area contributed by atoms with Gasteiger partial charge in [0.05, 0.1) is 15.4 Å². The first-order chi connectivity index (χ1) is 11.8. The molecule has 0 saturated heterocycles. The molecule has 4 nitrogen and oxygen atoms in total. The quantitative estimate of drug-likeness (QED) is 0.638. The van der Waals surface area contributed by atoms with Gasteiger partial charge in [-0.1, -0.05) is 17.7 Å². The Kier molecular flexibility index (Phi) is 4.83. The minimum Gasteiger partial charge on any atom is -0.297 e. The zero-order chi connectivity index (χ0) is 18.1. The average molecular weight is 370 g/mol. The van der Waals surface area contributed by atoms with Crippen LogP contribution in [0.1, 0.15) is 43.0 Å². The maximum Gasteiger partial charge on any atom is 0.267 e. The van der Waals surface area contributed by atoms with E-state index in [4.69, 9.17) is 0 Å². The van der Waals surface area contributed by atoms with E-state index in [9.17, 15) is 9.59 Å². The molecule has 128 valence electrons. The van der Waals surface area contributed by atoms with E-state index in [-0.39, 0.29) is 11.7 Å². The Morgan fingerprint density at radius 3 is 2.28 bits per heavy atom. The first kappa shape index (κ1) is 17.5. The molecule has 0 atom stereocenters. The van der Waals surface area contributed by atoms with Gasteiger partial charge in [0.2, 0.25) is 0 Å². The normalized spacial score (nSPS) is 10.7. The molecule has 0 unspecified atom stereocenters. The van der Waals surface area contributed by atoms with E-state index in [2.05, 4.69) is 43.2 Å². The Labute approximate surface area is 154 Å². The van der Waals surface area contributed by atoms with Crippen molar-refractivity contribution >= 4 is 39.5 Å². The number of aryl methyl sites for hydroxylation is 3. The minimum absolute atomic E-state index is 0.0362. The molecule has 3 rings (SSSR count). The number of hydrogen-bond acceptors (Lipinski definition) is 5. The monoisotopic (exact) mass is 370 g/mol. The maximum absolute atomic E-state index is 12.3. The predicted octanol–water partition coefficient (Wildman–Crippen LogP) is 5.25. The van der Waals surface area contributed by atoms with Gasteiger partial charge in [0.25, 0.3) is 5.91 Å². The second kappa shape index (κ2) is 6.90. The van der Waals surface area contributed by atoms with Gasteiger partial charge in [-0.2, -0.15) is 0 Å². The third-order valence-corrected chi connectivity index (χ3v) is 5.78. The molecule has 0 aliphatic carbocycles. The van der Waals surface area contributed by atoms with Crippen molar-refractivity contribution in [2.45, 2.75) is 27.7 Å². The van der Waals surface area contributed by atoms with Crippen LogP contribution in [0.4, 0.5) is 5.13 Å². The van der Waals surface area contributed by atoms with Crippen LogP contribution in [0.15, 0.2) is 29.6 Å². The molecule has 0 radical (unpaired) electrons. The molecule has 6 heteroatoms. The van der Waals surface area contributed by atoms with E-state index in [1.54, 1.807) is 12.1 Å². The Morgan fingerprint density at radius 2 is 1.68 bits per heavy atom. The van der Waals surface area contributed by atoms with Gasteiger partial charge in [-0.3, -0.25) is 14.9 Å². The Bertz CT molecular complexity index is 946.